The maximum atomic E-state index is 12.2. The average molecular weight is 384 g/mol. The van der Waals surface area contributed by atoms with Crippen molar-refractivity contribution in [3.63, 3.8) is 0 Å². The Bertz CT molecular complexity index is 635. The van der Waals surface area contributed by atoms with Gasteiger partial charge in [0.05, 0.1) is 5.56 Å². The number of primary amides is 1. The van der Waals surface area contributed by atoms with E-state index in [1.165, 1.54) is 11.0 Å². The lowest BCUT2D eigenvalue weighted by Crippen LogP contribution is -2.51. The monoisotopic (exact) mass is 383 g/mol. The highest BCUT2D eigenvalue weighted by molar-refractivity contribution is 9.10. The van der Waals surface area contributed by atoms with Gasteiger partial charge in [-0.15, -0.1) is 0 Å². The maximum absolute atomic E-state index is 12.2. The first-order valence-electron chi connectivity index (χ1n) is 7.21. The number of carbonyl (C=O) groups is 3. The molecule has 1 aliphatic rings. The highest BCUT2D eigenvalue weighted by atomic mass is 79.9. The van der Waals surface area contributed by atoms with Gasteiger partial charge in [0.15, 0.2) is 6.61 Å². The second-order valence-corrected chi connectivity index (χ2v) is 6.22. The lowest BCUT2D eigenvalue weighted by Gasteiger charge is -2.33. The van der Waals surface area contributed by atoms with Gasteiger partial charge in [0.1, 0.15) is 6.04 Å². The minimum Gasteiger partial charge on any atom is -0.452 e. The number of likely N-dealkylation sites (tertiary alicyclic amines) is 1. The van der Waals surface area contributed by atoms with Gasteiger partial charge in [-0.1, -0.05) is 15.9 Å². The van der Waals surface area contributed by atoms with E-state index in [0.717, 1.165) is 12.8 Å². The normalized spacial score (nSPS) is 17.6. The first-order valence-corrected chi connectivity index (χ1v) is 8.00. The number of hydrogen-bond acceptors (Lipinski definition) is 5. The standard InChI is InChI=1S/C15H18BrN3O4/c16-9-4-5-11(17)10(7-9)15(22)23-8-13(20)19-6-2-1-3-12(19)14(18)21/h4-5,7,12H,1-3,6,8,17H2,(H2,18,21)/t12-/m1/s1. The Labute approximate surface area is 142 Å². The van der Waals surface area contributed by atoms with Gasteiger partial charge >= 0.3 is 5.97 Å². The van der Waals surface area contributed by atoms with Gasteiger partial charge in [-0.2, -0.15) is 0 Å². The minimum absolute atomic E-state index is 0.178. The number of hydrogen-bond donors (Lipinski definition) is 2. The van der Waals surface area contributed by atoms with Crippen molar-refractivity contribution in [2.75, 3.05) is 18.9 Å². The smallest absolute Gasteiger partial charge is 0.340 e. The molecule has 124 valence electrons. The topological polar surface area (TPSA) is 116 Å². The molecule has 1 fully saturated rings. The number of esters is 1. The molecule has 0 spiro atoms. The fourth-order valence-electron chi connectivity index (χ4n) is 2.52. The SMILES string of the molecule is NC(=O)[C@H]1CCCCN1C(=O)COC(=O)c1cc(Br)ccc1N. The second-order valence-electron chi connectivity index (χ2n) is 5.31. The maximum Gasteiger partial charge on any atom is 0.340 e. The largest absolute Gasteiger partial charge is 0.452 e. The Morgan fingerprint density at radius 2 is 2.04 bits per heavy atom. The first kappa shape index (κ1) is 17.3. The number of rotatable bonds is 4. The zero-order valence-electron chi connectivity index (χ0n) is 12.5. The van der Waals surface area contributed by atoms with Crippen molar-refractivity contribution in [3.05, 3.63) is 28.2 Å². The fourth-order valence-corrected chi connectivity index (χ4v) is 2.88. The van der Waals surface area contributed by atoms with E-state index >= 15 is 0 Å². The summed E-state index contributed by atoms with van der Waals surface area (Å²) in [5.74, 6) is -1.67. The number of nitrogen functional groups attached to an aromatic ring is 1. The van der Waals surface area contributed by atoms with E-state index < -0.39 is 30.4 Å². The third-order valence-electron chi connectivity index (χ3n) is 3.71. The van der Waals surface area contributed by atoms with Gasteiger partial charge in [0, 0.05) is 16.7 Å². The van der Waals surface area contributed by atoms with Crippen LogP contribution in [0.25, 0.3) is 0 Å². The molecule has 1 aliphatic heterocycles. The molecule has 0 aromatic heterocycles. The molecule has 0 saturated carbocycles. The summed E-state index contributed by atoms with van der Waals surface area (Å²) in [6.45, 7) is -0.0163. The van der Waals surface area contributed by atoms with Crippen LogP contribution in [0.4, 0.5) is 5.69 Å². The number of nitrogens with zero attached hydrogens (tertiary/aromatic N) is 1. The molecule has 0 aliphatic carbocycles. The average Bonchev–Trinajstić information content (AvgIpc) is 2.54. The predicted octanol–water partition coefficient (Wildman–Crippen LogP) is 1.05. The molecule has 0 bridgehead atoms. The van der Waals surface area contributed by atoms with Gasteiger partial charge in [-0.05, 0) is 37.5 Å². The summed E-state index contributed by atoms with van der Waals surface area (Å²) in [7, 11) is 0. The number of carbonyl (C=O) groups excluding carboxylic acids is 3. The quantitative estimate of drug-likeness (QED) is 0.595. The van der Waals surface area contributed by atoms with E-state index in [1.54, 1.807) is 12.1 Å². The summed E-state index contributed by atoms with van der Waals surface area (Å²) in [6.07, 6.45) is 2.17. The Morgan fingerprint density at radius 3 is 2.74 bits per heavy atom. The van der Waals surface area contributed by atoms with Crippen LogP contribution >= 0.6 is 15.9 Å². The van der Waals surface area contributed by atoms with Crippen LogP contribution in [0.3, 0.4) is 0 Å². The van der Waals surface area contributed by atoms with Gasteiger partial charge in [0.2, 0.25) is 5.91 Å². The Morgan fingerprint density at radius 1 is 1.30 bits per heavy atom. The lowest BCUT2D eigenvalue weighted by atomic mass is 10.0. The predicted molar refractivity (Wildman–Crippen MR) is 87.4 cm³/mol. The molecule has 0 radical (unpaired) electrons. The van der Waals surface area contributed by atoms with Crippen LogP contribution in [0.5, 0.6) is 0 Å². The van der Waals surface area contributed by atoms with Gasteiger partial charge in [-0.25, -0.2) is 4.79 Å². The van der Waals surface area contributed by atoms with Crippen molar-refractivity contribution in [1.29, 1.82) is 0 Å². The van der Waals surface area contributed by atoms with Crippen LogP contribution in [0.15, 0.2) is 22.7 Å². The van der Waals surface area contributed by atoms with Gasteiger partial charge < -0.3 is 21.1 Å². The number of anilines is 1. The molecule has 1 aromatic rings. The highest BCUT2D eigenvalue weighted by Gasteiger charge is 2.31. The summed E-state index contributed by atoms with van der Waals surface area (Å²) >= 11 is 3.24. The summed E-state index contributed by atoms with van der Waals surface area (Å²) in [6, 6.07) is 4.15. The molecular formula is C15H18BrN3O4. The van der Waals surface area contributed by atoms with Crippen molar-refractivity contribution in [2.45, 2.75) is 25.3 Å². The highest BCUT2D eigenvalue weighted by Crippen LogP contribution is 2.20. The van der Waals surface area contributed by atoms with Crippen LogP contribution in [0, 0.1) is 0 Å². The Kier molecular flexibility index (Phi) is 5.59. The molecule has 1 atom stereocenters. The summed E-state index contributed by atoms with van der Waals surface area (Å²) in [5, 5.41) is 0. The molecule has 1 heterocycles. The van der Waals surface area contributed by atoms with E-state index in [4.69, 9.17) is 16.2 Å². The molecule has 0 unspecified atom stereocenters. The fraction of sp³-hybridized carbons (Fsp3) is 0.400. The summed E-state index contributed by atoms with van der Waals surface area (Å²) in [5.41, 5.74) is 11.5. The summed E-state index contributed by atoms with van der Waals surface area (Å²) in [4.78, 5) is 37.0. The number of benzene rings is 1. The molecule has 2 rings (SSSR count). The first-order chi connectivity index (χ1) is 10.9. The van der Waals surface area contributed by atoms with E-state index in [0.29, 0.717) is 17.4 Å². The van der Waals surface area contributed by atoms with E-state index in [-0.39, 0.29) is 11.3 Å². The van der Waals surface area contributed by atoms with Gasteiger partial charge in [0.25, 0.3) is 5.91 Å². The number of amides is 2. The Hall–Kier alpha value is -2.09. The molecule has 23 heavy (non-hydrogen) atoms. The molecule has 8 heteroatoms. The van der Waals surface area contributed by atoms with E-state index in [9.17, 15) is 14.4 Å². The molecule has 1 aromatic carbocycles. The van der Waals surface area contributed by atoms with Crippen molar-refractivity contribution >= 4 is 39.4 Å². The van der Waals surface area contributed by atoms with Crippen LogP contribution in [0.2, 0.25) is 0 Å². The number of halogens is 1. The van der Waals surface area contributed by atoms with Crippen LogP contribution < -0.4 is 11.5 Å². The minimum atomic E-state index is -0.690. The van der Waals surface area contributed by atoms with Crippen molar-refractivity contribution in [2.24, 2.45) is 5.73 Å². The molecule has 1 saturated heterocycles. The van der Waals surface area contributed by atoms with Crippen LogP contribution in [0.1, 0.15) is 29.6 Å². The summed E-state index contributed by atoms with van der Waals surface area (Å²) < 4.78 is 5.70. The number of piperidine rings is 1. The van der Waals surface area contributed by atoms with Crippen molar-refractivity contribution < 1.29 is 19.1 Å². The molecule has 7 nitrogen and oxygen atoms in total. The third kappa shape index (κ3) is 4.22. The Balaban J connectivity index is 1.99. The van der Waals surface area contributed by atoms with Crippen molar-refractivity contribution in [1.82, 2.24) is 4.90 Å². The number of ether oxygens (including phenoxy) is 1. The molecule has 4 N–H and O–H groups in total. The van der Waals surface area contributed by atoms with Crippen LogP contribution in [-0.2, 0) is 14.3 Å². The van der Waals surface area contributed by atoms with E-state index in [2.05, 4.69) is 15.9 Å². The van der Waals surface area contributed by atoms with Gasteiger partial charge in [-0.3, -0.25) is 9.59 Å². The van der Waals surface area contributed by atoms with Crippen molar-refractivity contribution in [3.8, 4) is 0 Å². The second kappa shape index (κ2) is 7.45. The lowest BCUT2D eigenvalue weighted by molar-refractivity contribution is -0.143. The van der Waals surface area contributed by atoms with E-state index in [1.807, 2.05) is 0 Å². The molecular weight excluding hydrogens is 366 g/mol. The zero-order valence-corrected chi connectivity index (χ0v) is 14.0. The molecule has 2 amide bonds. The number of nitrogens with two attached hydrogens (primary N) is 2. The third-order valence-corrected chi connectivity index (χ3v) is 4.21. The zero-order chi connectivity index (χ0) is 17.0. The van der Waals surface area contributed by atoms with Crippen LogP contribution in [-0.4, -0.2) is 41.9 Å².